The molecule has 0 bridgehead atoms. The molecule has 1 atom stereocenters. The summed E-state index contributed by atoms with van der Waals surface area (Å²) in [6, 6.07) is 11.7. The summed E-state index contributed by atoms with van der Waals surface area (Å²) < 4.78 is 0. The molecule has 2 aliphatic rings. The fourth-order valence-electron chi connectivity index (χ4n) is 5.00. The van der Waals surface area contributed by atoms with Crippen LogP contribution >= 0.6 is 24.0 Å². The highest BCUT2D eigenvalue weighted by atomic mass is 35.5. The number of nitrogens with zero attached hydrogens (tertiary/aromatic N) is 1. The van der Waals surface area contributed by atoms with Crippen molar-refractivity contribution in [1.29, 1.82) is 0 Å². The topological polar surface area (TPSA) is 54.0 Å². The first-order chi connectivity index (χ1) is 14.1. The van der Waals surface area contributed by atoms with Crippen LogP contribution in [-0.4, -0.2) is 22.9 Å². The van der Waals surface area contributed by atoms with E-state index in [1.807, 2.05) is 49.5 Å². The fraction of sp³-hybridized carbons (Fsp3) is 0.500. The van der Waals surface area contributed by atoms with Gasteiger partial charge in [-0.1, -0.05) is 35.9 Å². The normalized spacial score (nSPS) is 26.2. The van der Waals surface area contributed by atoms with E-state index < -0.39 is 0 Å². The van der Waals surface area contributed by atoms with Crippen LogP contribution in [0.5, 0.6) is 0 Å². The van der Waals surface area contributed by atoms with Gasteiger partial charge in [0.15, 0.2) is 5.78 Å². The molecule has 2 fully saturated rings. The van der Waals surface area contributed by atoms with Crippen LogP contribution in [-0.2, 0) is 6.42 Å². The average Bonchev–Trinajstić information content (AvgIpc) is 2.74. The maximum atomic E-state index is 13.1. The predicted molar refractivity (Wildman–Crippen MR) is 124 cm³/mol. The van der Waals surface area contributed by atoms with Gasteiger partial charge in [0.05, 0.1) is 10.7 Å². The van der Waals surface area contributed by atoms with E-state index in [1.165, 1.54) is 12.8 Å². The van der Waals surface area contributed by atoms with E-state index in [0.29, 0.717) is 12.5 Å². The second-order valence-corrected chi connectivity index (χ2v) is 9.19. The van der Waals surface area contributed by atoms with E-state index in [0.717, 1.165) is 53.9 Å². The Morgan fingerprint density at radius 1 is 1.20 bits per heavy atom. The van der Waals surface area contributed by atoms with E-state index in [4.69, 9.17) is 11.6 Å². The summed E-state index contributed by atoms with van der Waals surface area (Å²) in [6.07, 6.45) is 9.40. The minimum Gasteiger partial charge on any atom is -0.294 e. The van der Waals surface area contributed by atoms with Crippen molar-refractivity contribution in [1.82, 2.24) is 15.8 Å². The molecule has 4 nitrogen and oxygen atoms in total. The number of ketones is 1. The third kappa shape index (κ3) is 5.23. The largest absolute Gasteiger partial charge is 0.294 e. The van der Waals surface area contributed by atoms with Crippen LogP contribution in [0.1, 0.15) is 60.1 Å². The summed E-state index contributed by atoms with van der Waals surface area (Å²) in [4.78, 5) is 17.5. The first kappa shape index (κ1) is 23.2. The van der Waals surface area contributed by atoms with Gasteiger partial charge in [0, 0.05) is 29.8 Å². The van der Waals surface area contributed by atoms with Gasteiger partial charge in [-0.3, -0.25) is 20.6 Å². The molecule has 1 aromatic carbocycles. The smallest absolute Gasteiger partial charge is 0.167 e. The molecule has 30 heavy (non-hydrogen) atoms. The first-order valence-corrected chi connectivity index (χ1v) is 11.1. The number of hydrazine groups is 1. The van der Waals surface area contributed by atoms with Crippen LogP contribution < -0.4 is 10.9 Å². The van der Waals surface area contributed by atoms with Gasteiger partial charge in [-0.15, -0.1) is 12.4 Å². The van der Waals surface area contributed by atoms with E-state index in [9.17, 15) is 4.79 Å². The highest BCUT2D eigenvalue weighted by Gasteiger charge is 2.41. The van der Waals surface area contributed by atoms with Crippen molar-refractivity contribution in [2.75, 3.05) is 6.54 Å². The van der Waals surface area contributed by atoms with E-state index >= 15 is 0 Å². The maximum absolute atomic E-state index is 13.1. The third-order valence-electron chi connectivity index (χ3n) is 6.81. The summed E-state index contributed by atoms with van der Waals surface area (Å²) in [5.41, 5.74) is 9.90. The molecule has 4 rings (SSSR count). The van der Waals surface area contributed by atoms with E-state index in [1.54, 1.807) is 0 Å². The highest BCUT2D eigenvalue weighted by Crippen LogP contribution is 2.39. The van der Waals surface area contributed by atoms with E-state index in [2.05, 4.69) is 15.8 Å². The van der Waals surface area contributed by atoms with Crippen molar-refractivity contribution >= 4 is 29.8 Å². The number of carbonyl (C=O) groups excluding carboxylic acids is 1. The SMILES string of the molecule is Cc1ccccc1C(=O)C1CNNC2(CCC(CCc3ncccc3Cl)CC2)C1.Cl. The molecule has 0 amide bonds. The molecule has 2 heterocycles. The number of hydrogen-bond acceptors (Lipinski definition) is 4. The number of carbonyl (C=O) groups is 1. The van der Waals surface area contributed by atoms with Crippen LogP contribution in [0.4, 0.5) is 0 Å². The molecule has 162 valence electrons. The number of aryl methyl sites for hydroxylation is 2. The van der Waals surface area contributed by atoms with E-state index in [-0.39, 0.29) is 29.6 Å². The van der Waals surface area contributed by atoms with Crippen molar-refractivity contribution in [3.8, 4) is 0 Å². The summed E-state index contributed by atoms with van der Waals surface area (Å²) in [6.45, 7) is 2.73. The van der Waals surface area contributed by atoms with Crippen molar-refractivity contribution in [2.45, 2.75) is 57.4 Å². The van der Waals surface area contributed by atoms with Gasteiger partial charge >= 0.3 is 0 Å². The van der Waals surface area contributed by atoms with Crippen LogP contribution in [0.25, 0.3) is 0 Å². The zero-order chi connectivity index (χ0) is 20.3. The lowest BCUT2D eigenvalue weighted by Gasteiger charge is -2.46. The Labute approximate surface area is 190 Å². The molecule has 1 aliphatic heterocycles. The number of nitrogens with one attached hydrogen (secondary N) is 2. The molecule has 0 radical (unpaired) electrons. The molecular formula is C24H31Cl2N3O. The Bertz CT molecular complexity index is 865. The Hall–Kier alpha value is -1.46. The lowest BCUT2D eigenvalue weighted by Crippen LogP contribution is -2.61. The summed E-state index contributed by atoms with van der Waals surface area (Å²) in [5.74, 6) is 1.03. The Balaban J connectivity index is 0.00000256. The molecule has 1 saturated carbocycles. The summed E-state index contributed by atoms with van der Waals surface area (Å²) in [7, 11) is 0. The molecule has 1 unspecified atom stereocenters. The summed E-state index contributed by atoms with van der Waals surface area (Å²) >= 11 is 6.25. The van der Waals surface area contributed by atoms with Crippen LogP contribution in [0, 0.1) is 18.8 Å². The molecule has 1 aromatic heterocycles. The molecule has 1 saturated heterocycles. The lowest BCUT2D eigenvalue weighted by atomic mass is 9.70. The number of hydrogen-bond donors (Lipinski definition) is 2. The minimum absolute atomic E-state index is 0. The fourth-order valence-corrected chi connectivity index (χ4v) is 5.22. The van der Waals surface area contributed by atoms with Gasteiger partial charge in [0.1, 0.15) is 0 Å². The Kier molecular flexibility index (Phi) is 7.92. The summed E-state index contributed by atoms with van der Waals surface area (Å²) in [5, 5.41) is 0.774. The predicted octanol–water partition coefficient (Wildman–Crippen LogP) is 5.32. The zero-order valence-electron chi connectivity index (χ0n) is 17.5. The number of halogens is 2. The van der Waals surface area contributed by atoms with Gasteiger partial charge in [-0.2, -0.15) is 0 Å². The standard InChI is InChI=1S/C24H30ClN3O.ClH/c1-17-5-2-3-6-20(17)23(29)19-15-24(28-27-16-19)12-10-18(11-13-24)8-9-22-21(25)7-4-14-26-22;/h2-7,14,18-19,27-28H,8-13,15-16H2,1H3;1H. The van der Waals surface area contributed by atoms with Crippen molar-refractivity contribution < 1.29 is 4.79 Å². The maximum Gasteiger partial charge on any atom is 0.167 e. The highest BCUT2D eigenvalue weighted by molar-refractivity contribution is 6.31. The first-order valence-electron chi connectivity index (χ1n) is 10.8. The molecule has 6 heteroatoms. The number of Topliss-reactive ketones (excluding diaryl/α,β-unsaturated/α-hetero) is 1. The zero-order valence-corrected chi connectivity index (χ0v) is 19.1. The second-order valence-electron chi connectivity index (χ2n) is 8.78. The van der Waals surface area contributed by atoms with Crippen LogP contribution in [0.3, 0.4) is 0 Å². The number of pyridine rings is 1. The van der Waals surface area contributed by atoms with Gasteiger partial charge in [-0.25, -0.2) is 0 Å². The molecule has 1 aliphatic carbocycles. The quantitative estimate of drug-likeness (QED) is 0.608. The average molecular weight is 448 g/mol. The number of benzene rings is 1. The third-order valence-corrected chi connectivity index (χ3v) is 7.15. The van der Waals surface area contributed by atoms with Crippen LogP contribution in [0.15, 0.2) is 42.6 Å². The molecule has 1 spiro atoms. The van der Waals surface area contributed by atoms with Gasteiger partial charge in [0.25, 0.3) is 0 Å². The Morgan fingerprint density at radius 3 is 2.70 bits per heavy atom. The number of rotatable bonds is 5. The minimum atomic E-state index is 0. The molecular weight excluding hydrogens is 417 g/mol. The monoisotopic (exact) mass is 447 g/mol. The van der Waals surface area contributed by atoms with Gasteiger partial charge in [-0.05, 0) is 75.5 Å². The van der Waals surface area contributed by atoms with Crippen molar-refractivity contribution in [3.63, 3.8) is 0 Å². The van der Waals surface area contributed by atoms with Crippen molar-refractivity contribution in [3.05, 3.63) is 64.4 Å². The lowest BCUT2D eigenvalue weighted by molar-refractivity contribution is 0.0688. The second kappa shape index (κ2) is 10.2. The van der Waals surface area contributed by atoms with Gasteiger partial charge in [0.2, 0.25) is 0 Å². The van der Waals surface area contributed by atoms with Crippen molar-refractivity contribution in [2.24, 2.45) is 11.8 Å². The Morgan fingerprint density at radius 2 is 1.97 bits per heavy atom. The molecule has 2 aromatic rings. The van der Waals surface area contributed by atoms with Gasteiger partial charge < -0.3 is 0 Å². The number of aromatic nitrogens is 1. The molecule has 2 N–H and O–H groups in total. The van der Waals surface area contributed by atoms with Crippen LogP contribution in [0.2, 0.25) is 5.02 Å².